The molecule has 1 aliphatic rings. The standard InChI is InChI=1S/C13H17N3/c1-16-12-7-3-2-6-11(12)15-13(16)10-5-4-8-14-9-10/h2-3,6-7,10,14H,4-5,8-9H2,1H3/t10-/m1/s1. The van der Waals surface area contributed by atoms with Crippen molar-refractivity contribution in [2.24, 2.45) is 7.05 Å². The van der Waals surface area contributed by atoms with Gasteiger partial charge in [-0.2, -0.15) is 0 Å². The normalized spacial score (nSPS) is 21.4. The minimum Gasteiger partial charge on any atom is -0.331 e. The van der Waals surface area contributed by atoms with Gasteiger partial charge in [-0.3, -0.25) is 0 Å². The molecular weight excluding hydrogens is 198 g/mol. The predicted molar refractivity (Wildman–Crippen MR) is 65.6 cm³/mol. The zero-order chi connectivity index (χ0) is 11.0. The summed E-state index contributed by atoms with van der Waals surface area (Å²) >= 11 is 0. The van der Waals surface area contributed by atoms with E-state index in [1.165, 1.54) is 24.2 Å². The first-order valence-electron chi connectivity index (χ1n) is 5.98. The largest absolute Gasteiger partial charge is 0.331 e. The van der Waals surface area contributed by atoms with Crippen molar-refractivity contribution in [3.63, 3.8) is 0 Å². The molecule has 0 amide bonds. The Morgan fingerprint density at radius 2 is 2.25 bits per heavy atom. The molecule has 1 aromatic heterocycles. The van der Waals surface area contributed by atoms with Gasteiger partial charge in [0.15, 0.2) is 0 Å². The van der Waals surface area contributed by atoms with E-state index in [2.05, 4.69) is 41.2 Å². The molecule has 2 heterocycles. The van der Waals surface area contributed by atoms with Crippen LogP contribution >= 0.6 is 0 Å². The molecule has 1 aliphatic heterocycles. The molecule has 0 spiro atoms. The first kappa shape index (κ1) is 9.85. The van der Waals surface area contributed by atoms with E-state index in [-0.39, 0.29) is 0 Å². The van der Waals surface area contributed by atoms with Crippen LogP contribution < -0.4 is 5.32 Å². The molecule has 1 fully saturated rings. The number of benzene rings is 1. The first-order valence-corrected chi connectivity index (χ1v) is 5.98. The van der Waals surface area contributed by atoms with Crippen molar-refractivity contribution in [3.8, 4) is 0 Å². The van der Waals surface area contributed by atoms with E-state index in [1.54, 1.807) is 0 Å². The highest BCUT2D eigenvalue weighted by Crippen LogP contribution is 2.25. The first-order chi connectivity index (χ1) is 7.86. The van der Waals surface area contributed by atoms with Crippen molar-refractivity contribution >= 4 is 11.0 Å². The van der Waals surface area contributed by atoms with E-state index in [4.69, 9.17) is 4.98 Å². The minimum atomic E-state index is 0.575. The molecule has 0 unspecified atom stereocenters. The SMILES string of the molecule is Cn1c([C@@H]2CCCNC2)nc2ccccc21. The molecule has 1 saturated heterocycles. The summed E-state index contributed by atoms with van der Waals surface area (Å²) in [4.78, 5) is 4.76. The Balaban J connectivity index is 2.05. The number of rotatable bonds is 1. The Kier molecular flexibility index (Phi) is 2.40. The molecule has 0 saturated carbocycles. The summed E-state index contributed by atoms with van der Waals surface area (Å²) in [7, 11) is 2.12. The fraction of sp³-hybridized carbons (Fsp3) is 0.462. The van der Waals surface area contributed by atoms with E-state index in [1.807, 2.05) is 0 Å². The topological polar surface area (TPSA) is 29.9 Å². The van der Waals surface area contributed by atoms with Crippen LogP contribution in [0.25, 0.3) is 11.0 Å². The van der Waals surface area contributed by atoms with Crippen LogP contribution in [0.3, 0.4) is 0 Å². The number of hydrogen-bond acceptors (Lipinski definition) is 2. The van der Waals surface area contributed by atoms with Gasteiger partial charge in [0.05, 0.1) is 11.0 Å². The molecule has 2 aromatic rings. The van der Waals surface area contributed by atoms with E-state index in [0.29, 0.717) is 5.92 Å². The molecule has 0 radical (unpaired) electrons. The van der Waals surface area contributed by atoms with Gasteiger partial charge in [0.25, 0.3) is 0 Å². The molecule has 1 aromatic carbocycles. The Bertz CT molecular complexity index is 495. The third-order valence-electron chi connectivity index (χ3n) is 3.48. The van der Waals surface area contributed by atoms with Gasteiger partial charge in [-0.1, -0.05) is 12.1 Å². The van der Waals surface area contributed by atoms with Crippen LogP contribution in [-0.4, -0.2) is 22.6 Å². The van der Waals surface area contributed by atoms with Crippen molar-refractivity contribution in [1.82, 2.24) is 14.9 Å². The fourth-order valence-electron chi connectivity index (χ4n) is 2.60. The molecular formula is C13H17N3. The van der Waals surface area contributed by atoms with Crippen LogP contribution in [0.2, 0.25) is 0 Å². The second-order valence-corrected chi connectivity index (χ2v) is 4.56. The zero-order valence-electron chi connectivity index (χ0n) is 9.61. The number of nitrogens with one attached hydrogen (secondary N) is 1. The van der Waals surface area contributed by atoms with Gasteiger partial charge >= 0.3 is 0 Å². The van der Waals surface area contributed by atoms with Crippen LogP contribution in [0.1, 0.15) is 24.6 Å². The number of para-hydroxylation sites is 2. The van der Waals surface area contributed by atoms with Crippen molar-refractivity contribution in [3.05, 3.63) is 30.1 Å². The smallest absolute Gasteiger partial charge is 0.114 e. The van der Waals surface area contributed by atoms with E-state index >= 15 is 0 Å². The Morgan fingerprint density at radius 1 is 1.38 bits per heavy atom. The minimum absolute atomic E-state index is 0.575. The highest BCUT2D eigenvalue weighted by Gasteiger charge is 2.20. The summed E-state index contributed by atoms with van der Waals surface area (Å²) in [5, 5.41) is 3.45. The monoisotopic (exact) mass is 215 g/mol. The van der Waals surface area contributed by atoms with Gasteiger partial charge in [-0.25, -0.2) is 4.98 Å². The molecule has 3 heteroatoms. The zero-order valence-corrected chi connectivity index (χ0v) is 9.61. The second kappa shape index (κ2) is 3.91. The van der Waals surface area contributed by atoms with E-state index < -0.39 is 0 Å². The van der Waals surface area contributed by atoms with Crippen LogP contribution in [0.15, 0.2) is 24.3 Å². The molecule has 1 N–H and O–H groups in total. The van der Waals surface area contributed by atoms with Crippen molar-refractivity contribution in [2.75, 3.05) is 13.1 Å². The molecule has 0 aliphatic carbocycles. The van der Waals surface area contributed by atoms with E-state index in [9.17, 15) is 0 Å². The average Bonchev–Trinajstić information content (AvgIpc) is 2.69. The number of imidazole rings is 1. The van der Waals surface area contributed by atoms with Gasteiger partial charge in [0.1, 0.15) is 5.82 Å². The van der Waals surface area contributed by atoms with Crippen molar-refractivity contribution in [2.45, 2.75) is 18.8 Å². The van der Waals surface area contributed by atoms with Crippen molar-refractivity contribution < 1.29 is 0 Å². The number of nitrogens with zero attached hydrogens (tertiary/aromatic N) is 2. The number of hydrogen-bond donors (Lipinski definition) is 1. The van der Waals surface area contributed by atoms with E-state index in [0.717, 1.165) is 18.6 Å². The molecule has 0 bridgehead atoms. The number of aryl methyl sites for hydroxylation is 1. The van der Waals surface area contributed by atoms with Gasteiger partial charge in [-0.15, -0.1) is 0 Å². The Labute approximate surface area is 95.5 Å². The maximum absolute atomic E-state index is 4.76. The van der Waals surface area contributed by atoms with Crippen LogP contribution in [0.5, 0.6) is 0 Å². The summed E-state index contributed by atoms with van der Waals surface area (Å²) in [5.74, 6) is 1.81. The predicted octanol–water partition coefficient (Wildman–Crippen LogP) is 2.04. The lowest BCUT2D eigenvalue weighted by atomic mass is 9.99. The van der Waals surface area contributed by atoms with Crippen LogP contribution in [0, 0.1) is 0 Å². The molecule has 3 rings (SSSR count). The maximum Gasteiger partial charge on any atom is 0.114 e. The maximum atomic E-state index is 4.76. The lowest BCUT2D eigenvalue weighted by Gasteiger charge is -2.22. The van der Waals surface area contributed by atoms with Crippen LogP contribution in [-0.2, 0) is 7.05 Å². The molecule has 84 valence electrons. The summed E-state index contributed by atoms with van der Waals surface area (Å²) in [6.07, 6.45) is 2.51. The number of aromatic nitrogens is 2. The molecule has 16 heavy (non-hydrogen) atoms. The second-order valence-electron chi connectivity index (χ2n) is 4.56. The lowest BCUT2D eigenvalue weighted by Crippen LogP contribution is -2.29. The van der Waals surface area contributed by atoms with Gasteiger partial charge in [-0.05, 0) is 31.5 Å². The molecule has 1 atom stereocenters. The van der Waals surface area contributed by atoms with Crippen molar-refractivity contribution in [1.29, 1.82) is 0 Å². The van der Waals surface area contributed by atoms with Crippen LogP contribution in [0.4, 0.5) is 0 Å². The molecule has 3 nitrogen and oxygen atoms in total. The summed E-state index contributed by atoms with van der Waals surface area (Å²) in [6, 6.07) is 8.36. The lowest BCUT2D eigenvalue weighted by molar-refractivity contribution is 0.440. The summed E-state index contributed by atoms with van der Waals surface area (Å²) in [5.41, 5.74) is 2.36. The average molecular weight is 215 g/mol. The highest BCUT2D eigenvalue weighted by molar-refractivity contribution is 5.75. The Morgan fingerprint density at radius 3 is 3.00 bits per heavy atom. The number of piperidine rings is 1. The highest BCUT2D eigenvalue weighted by atomic mass is 15.1. The fourth-order valence-corrected chi connectivity index (χ4v) is 2.60. The third kappa shape index (κ3) is 1.52. The van der Waals surface area contributed by atoms with Gasteiger partial charge in [0, 0.05) is 19.5 Å². The summed E-state index contributed by atoms with van der Waals surface area (Å²) < 4.78 is 2.24. The van der Waals surface area contributed by atoms with Gasteiger partial charge in [0.2, 0.25) is 0 Å². The Hall–Kier alpha value is -1.35. The third-order valence-corrected chi connectivity index (χ3v) is 3.48. The summed E-state index contributed by atoms with van der Waals surface area (Å²) in [6.45, 7) is 2.22. The van der Waals surface area contributed by atoms with Gasteiger partial charge < -0.3 is 9.88 Å². The quantitative estimate of drug-likeness (QED) is 0.789. The number of fused-ring (bicyclic) bond motifs is 1.